The van der Waals surface area contributed by atoms with E-state index in [-0.39, 0.29) is 0 Å². The quantitative estimate of drug-likeness (QED) is 0.532. The van der Waals surface area contributed by atoms with Gasteiger partial charge in [0, 0.05) is 0 Å². The van der Waals surface area contributed by atoms with Crippen molar-refractivity contribution in [1.82, 2.24) is 0 Å². The minimum atomic E-state index is 0.357. The lowest BCUT2D eigenvalue weighted by Crippen LogP contribution is -2.06. The Kier molecular flexibility index (Phi) is 2.87. The molecule has 0 aromatic carbocycles. The summed E-state index contributed by atoms with van der Waals surface area (Å²) in [7, 11) is 0. The molecule has 0 spiro atoms. The summed E-state index contributed by atoms with van der Waals surface area (Å²) in [5.74, 6) is 1.71. The lowest BCUT2D eigenvalue weighted by atomic mass is 9.88. The van der Waals surface area contributed by atoms with Gasteiger partial charge in [-0.25, -0.2) is 0 Å². The van der Waals surface area contributed by atoms with Crippen LogP contribution in [-0.2, 0) is 0 Å². The fourth-order valence-electron chi connectivity index (χ4n) is 2.19. The summed E-state index contributed by atoms with van der Waals surface area (Å²) in [5.41, 5.74) is 2.54. The lowest BCUT2D eigenvalue weighted by molar-refractivity contribution is 0.349. The Balaban J connectivity index is 2.59. The molecule has 0 N–H and O–H groups in total. The van der Waals surface area contributed by atoms with Gasteiger partial charge in [0.15, 0.2) is 0 Å². The van der Waals surface area contributed by atoms with E-state index in [1.54, 1.807) is 5.57 Å². The molecule has 0 aromatic rings. The molecular weight excluding hydrogens is 168 g/mol. The van der Waals surface area contributed by atoms with Crippen molar-refractivity contribution in [1.29, 1.82) is 0 Å². The van der Waals surface area contributed by atoms with Crippen molar-refractivity contribution in [3.63, 3.8) is 0 Å². The van der Waals surface area contributed by atoms with Crippen LogP contribution in [-0.4, -0.2) is 0 Å². The Bertz CT molecular complexity index is 232. The van der Waals surface area contributed by atoms with Crippen LogP contribution < -0.4 is 0 Å². The molecule has 0 nitrogen and oxygen atoms in total. The summed E-state index contributed by atoms with van der Waals surface area (Å²) in [6.45, 7) is 16.3. The molecule has 1 rings (SSSR count). The molecule has 1 aliphatic rings. The molecule has 14 heavy (non-hydrogen) atoms. The molecule has 2 unspecified atom stereocenters. The van der Waals surface area contributed by atoms with Gasteiger partial charge in [0.2, 0.25) is 0 Å². The first kappa shape index (κ1) is 11.8. The van der Waals surface area contributed by atoms with Crippen LogP contribution in [0.15, 0.2) is 11.6 Å². The normalized spacial score (nSPS) is 30.9. The van der Waals surface area contributed by atoms with E-state index >= 15 is 0 Å². The molecule has 0 aromatic heterocycles. The average molecular weight is 194 g/mol. The third-order valence-corrected chi connectivity index (χ3v) is 2.88. The fraction of sp³-hybridized carbons (Fsp3) is 0.857. The molecule has 2 atom stereocenters. The highest BCUT2D eigenvalue weighted by Gasteiger charge is 2.42. The molecule has 1 saturated carbocycles. The van der Waals surface area contributed by atoms with Crippen LogP contribution in [0.4, 0.5) is 0 Å². The van der Waals surface area contributed by atoms with Crippen molar-refractivity contribution in [3.8, 4) is 0 Å². The van der Waals surface area contributed by atoms with Gasteiger partial charge < -0.3 is 0 Å². The Labute approximate surface area is 89.8 Å². The lowest BCUT2D eigenvalue weighted by Gasteiger charge is -2.17. The topological polar surface area (TPSA) is 0 Å². The molecule has 0 radical (unpaired) electrons. The predicted octanol–water partition coefficient (Wildman–Crippen LogP) is 4.66. The van der Waals surface area contributed by atoms with E-state index in [1.807, 2.05) is 0 Å². The van der Waals surface area contributed by atoms with Crippen molar-refractivity contribution in [2.24, 2.45) is 22.7 Å². The maximum absolute atomic E-state index is 2.48. The van der Waals surface area contributed by atoms with Gasteiger partial charge in [-0.1, -0.05) is 60.1 Å². The minimum absolute atomic E-state index is 0.357. The summed E-state index contributed by atoms with van der Waals surface area (Å²) in [4.78, 5) is 0. The van der Waals surface area contributed by atoms with Crippen molar-refractivity contribution in [2.45, 2.75) is 54.9 Å². The van der Waals surface area contributed by atoms with Crippen LogP contribution in [0.5, 0.6) is 0 Å². The molecule has 0 amide bonds. The fourth-order valence-corrected chi connectivity index (χ4v) is 2.19. The molecule has 1 aliphatic carbocycles. The number of hydrogen-bond donors (Lipinski definition) is 0. The molecule has 82 valence electrons. The second-order valence-corrected chi connectivity index (χ2v) is 7.17. The van der Waals surface area contributed by atoms with E-state index in [0.29, 0.717) is 10.8 Å². The predicted molar refractivity (Wildman–Crippen MR) is 64.3 cm³/mol. The second-order valence-electron chi connectivity index (χ2n) is 7.17. The Morgan fingerprint density at radius 3 is 1.93 bits per heavy atom. The van der Waals surface area contributed by atoms with Crippen LogP contribution >= 0.6 is 0 Å². The number of hydrogen-bond acceptors (Lipinski definition) is 0. The zero-order chi connectivity index (χ0) is 11.1. The van der Waals surface area contributed by atoms with Gasteiger partial charge >= 0.3 is 0 Å². The SMILES string of the molecule is CC1C(=CC(C)(C)C)C1CC(C)(C)C. The third kappa shape index (κ3) is 3.48. The summed E-state index contributed by atoms with van der Waals surface area (Å²) >= 11 is 0. The Hall–Kier alpha value is -0.260. The zero-order valence-corrected chi connectivity index (χ0v) is 10.9. The first-order valence-electron chi connectivity index (χ1n) is 5.83. The van der Waals surface area contributed by atoms with Gasteiger partial charge in [-0.2, -0.15) is 0 Å². The van der Waals surface area contributed by atoms with Crippen molar-refractivity contribution >= 4 is 0 Å². The largest absolute Gasteiger partial charge is 0.0793 e. The van der Waals surface area contributed by atoms with E-state index in [0.717, 1.165) is 11.8 Å². The highest BCUT2D eigenvalue weighted by molar-refractivity contribution is 5.30. The first-order chi connectivity index (χ1) is 6.10. The van der Waals surface area contributed by atoms with Gasteiger partial charge in [0.25, 0.3) is 0 Å². The number of rotatable bonds is 1. The van der Waals surface area contributed by atoms with Crippen LogP contribution in [0.1, 0.15) is 54.9 Å². The molecule has 0 aliphatic heterocycles. The van der Waals surface area contributed by atoms with E-state index < -0.39 is 0 Å². The molecule has 0 saturated heterocycles. The molecule has 0 bridgehead atoms. The van der Waals surface area contributed by atoms with Gasteiger partial charge in [-0.3, -0.25) is 0 Å². The highest BCUT2D eigenvalue weighted by Crippen LogP contribution is 2.52. The maximum Gasteiger partial charge on any atom is -0.0132 e. The monoisotopic (exact) mass is 194 g/mol. The van der Waals surface area contributed by atoms with Gasteiger partial charge in [0.05, 0.1) is 0 Å². The van der Waals surface area contributed by atoms with Crippen LogP contribution in [0.2, 0.25) is 0 Å². The van der Waals surface area contributed by atoms with Gasteiger partial charge in [-0.15, -0.1) is 0 Å². The number of allylic oxidation sites excluding steroid dienone is 2. The molecule has 1 fully saturated rings. The van der Waals surface area contributed by atoms with Crippen molar-refractivity contribution in [2.75, 3.05) is 0 Å². The summed E-state index contributed by atoms with van der Waals surface area (Å²) in [6, 6.07) is 0. The standard InChI is InChI=1S/C14H26/c1-10-11(8-13(2,3)4)12(10)9-14(5,6)7/h8,10,12H,9H2,1-7H3. The van der Waals surface area contributed by atoms with Crippen molar-refractivity contribution in [3.05, 3.63) is 11.6 Å². The van der Waals surface area contributed by atoms with E-state index in [1.165, 1.54) is 6.42 Å². The third-order valence-electron chi connectivity index (χ3n) is 2.88. The maximum atomic E-state index is 2.48. The van der Waals surface area contributed by atoms with E-state index in [2.05, 4.69) is 54.5 Å². The zero-order valence-electron chi connectivity index (χ0n) is 10.9. The van der Waals surface area contributed by atoms with E-state index in [9.17, 15) is 0 Å². The smallest absolute Gasteiger partial charge is 0.0132 e. The Morgan fingerprint density at radius 1 is 1.07 bits per heavy atom. The van der Waals surface area contributed by atoms with Crippen LogP contribution in [0.25, 0.3) is 0 Å². The summed E-state index contributed by atoms with van der Waals surface area (Å²) < 4.78 is 0. The molecule has 0 heteroatoms. The summed E-state index contributed by atoms with van der Waals surface area (Å²) in [5, 5.41) is 0. The second kappa shape index (κ2) is 3.40. The highest BCUT2D eigenvalue weighted by atomic mass is 14.5. The minimum Gasteiger partial charge on any atom is -0.0793 e. The first-order valence-corrected chi connectivity index (χ1v) is 5.83. The van der Waals surface area contributed by atoms with Crippen LogP contribution in [0.3, 0.4) is 0 Å². The average Bonchev–Trinajstić information content (AvgIpc) is 2.38. The summed E-state index contributed by atoms with van der Waals surface area (Å²) in [6.07, 6.45) is 3.82. The van der Waals surface area contributed by atoms with Crippen LogP contribution in [0, 0.1) is 22.7 Å². The Morgan fingerprint density at radius 2 is 1.57 bits per heavy atom. The van der Waals surface area contributed by atoms with Gasteiger partial charge in [0.1, 0.15) is 0 Å². The van der Waals surface area contributed by atoms with Gasteiger partial charge in [-0.05, 0) is 29.1 Å². The molecule has 0 heterocycles. The van der Waals surface area contributed by atoms with Crippen molar-refractivity contribution < 1.29 is 0 Å². The molecular formula is C14H26. The van der Waals surface area contributed by atoms with E-state index in [4.69, 9.17) is 0 Å².